The molecule has 2 heteroatoms. The molecule has 0 radical (unpaired) electrons. The van der Waals surface area contributed by atoms with Gasteiger partial charge in [-0.25, -0.2) is 0 Å². The van der Waals surface area contributed by atoms with Crippen LogP contribution in [0.15, 0.2) is 18.2 Å². The molecule has 0 heterocycles. The molecule has 18 heavy (non-hydrogen) atoms. The zero-order valence-electron chi connectivity index (χ0n) is 11.8. The Hall–Kier alpha value is -0.860. The second-order valence-electron chi connectivity index (χ2n) is 5.62. The Balaban J connectivity index is 2.02. The molecule has 1 aromatic carbocycles. The van der Waals surface area contributed by atoms with Crippen LogP contribution in [0.25, 0.3) is 0 Å². The highest BCUT2D eigenvalue weighted by Gasteiger charge is 2.35. The lowest BCUT2D eigenvalue weighted by Gasteiger charge is -2.24. The predicted molar refractivity (Wildman–Crippen MR) is 75.7 cm³/mol. The third-order valence-electron chi connectivity index (χ3n) is 3.62. The van der Waals surface area contributed by atoms with Crippen molar-refractivity contribution in [2.75, 3.05) is 6.61 Å². The number of benzene rings is 1. The fraction of sp³-hybridized carbons (Fsp3) is 0.625. The van der Waals surface area contributed by atoms with Crippen molar-refractivity contribution >= 4 is 0 Å². The van der Waals surface area contributed by atoms with Gasteiger partial charge in [-0.1, -0.05) is 29.3 Å². The van der Waals surface area contributed by atoms with Gasteiger partial charge in [0.25, 0.3) is 0 Å². The summed E-state index contributed by atoms with van der Waals surface area (Å²) in [4.78, 5) is 0. The van der Waals surface area contributed by atoms with Crippen LogP contribution in [0.3, 0.4) is 0 Å². The van der Waals surface area contributed by atoms with Crippen LogP contribution in [0.4, 0.5) is 0 Å². The minimum absolute atomic E-state index is 0.124. The lowest BCUT2D eigenvalue weighted by atomic mass is 9.96. The maximum Gasteiger partial charge on any atom is 0.0757 e. The Morgan fingerprint density at radius 1 is 1.22 bits per heavy atom. The van der Waals surface area contributed by atoms with E-state index in [9.17, 15) is 0 Å². The first-order chi connectivity index (χ1) is 8.60. The molecule has 2 N–H and O–H groups in total. The molecule has 1 aliphatic rings. The van der Waals surface area contributed by atoms with E-state index in [1.54, 1.807) is 0 Å². The van der Waals surface area contributed by atoms with Gasteiger partial charge in [0.2, 0.25) is 0 Å². The molecule has 0 amide bonds. The third kappa shape index (κ3) is 3.56. The predicted octanol–water partition coefficient (Wildman–Crippen LogP) is 2.99. The van der Waals surface area contributed by atoms with Gasteiger partial charge in [-0.2, -0.15) is 0 Å². The normalized spacial score (nSPS) is 18.7. The van der Waals surface area contributed by atoms with Gasteiger partial charge in [-0.15, -0.1) is 0 Å². The van der Waals surface area contributed by atoms with Crippen molar-refractivity contribution in [2.45, 2.75) is 52.2 Å². The lowest BCUT2D eigenvalue weighted by Crippen LogP contribution is -2.40. The zero-order chi connectivity index (χ0) is 13.1. The van der Waals surface area contributed by atoms with Crippen molar-refractivity contribution in [2.24, 2.45) is 11.7 Å². The van der Waals surface area contributed by atoms with Gasteiger partial charge >= 0.3 is 0 Å². The summed E-state index contributed by atoms with van der Waals surface area (Å²) in [5.41, 5.74) is 10.3. The first-order valence-electron chi connectivity index (χ1n) is 7.04. The van der Waals surface area contributed by atoms with Crippen LogP contribution in [0, 0.1) is 19.8 Å². The van der Waals surface area contributed by atoms with Crippen LogP contribution < -0.4 is 5.73 Å². The van der Waals surface area contributed by atoms with Crippen molar-refractivity contribution in [1.29, 1.82) is 0 Å². The van der Waals surface area contributed by atoms with Gasteiger partial charge in [0, 0.05) is 12.6 Å². The number of nitrogens with two attached hydrogens (primary N) is 1. The molecule has 2 unspecified atom stereocenters. The van der Waals surface area contributed by atoms with Crippen molar-refractivity contribution in [3.63, 3.8) is 0 Å². The summed E-state index contributed by atoms with van der Waals surface area (Å²) in [7, 11) is 0. The number of hydrogen-bond donors (Lipinski definition) is 1. The monoisotopic (exact) mass is 247 g/mol. The lowest BCUT2D eigenvalue weighted by molar-refractivity contribution is 0.0288. The molecule has 100 valence electrons. The molecule has 0 spiro atoms. The zero-order valence-corrected chi connectivity index (χ0v) is 11.8. The topological polar surface area (TPSA) is 35.2 Å². The minimum atomic E-state index is 0.124. The van der Waals surface area contributed by atoms with Crippen LogP contribution >= 0.6 is 0 Å². The molecule has 0 saturated heterocycles. The maximum absolute atomic E-state index is 6.35. The molecule has 2 nitrogen and oxygen atoms in total. The molecule has 1 saturated carbocycles. The summed E-state index contributed by atoms with van der Waals surface area (Å²) in [5.74, 6) is 0.700. The smallest absolute Gasteiger partial charge is 0.0757 e. The summed E-state index contributed by atoms with van der Waals surface area (Å²) in [6.07, 6.45) is 3.73. The molecule has 2 rings (SSSR count). The van der Waals surface area contributed by atoms with Crippen molar-refractivity contribution in [3.05, 3.63) is 34.9 Å². The van der Waals surface area contributed by atoms with Gasteiger partial charge in [0.15, 0.2) is 0 Å². The van der Waals surface area contributed by atoms with Crippen molar-refractivity contribution in [3.8, 4) is 0 Å². The van der Waals surface area contributed by atoms with Crippen LogP contribution in [-0.2, 0) is 11.2 Å². The average Bonchev–Trinajstić information content (AvgIpc) is 3.07. The van der Waals surface area contributed by atoms with E-state index in [2.05, 4.69) is 39.0 Å². The fourth-order valence-corrected chi connectivity index (χ4v) is 2.80. The molecule has 0 aromatic heterocycles. The number of ether oxygens (including phenoxy) is 1. The molecule has 0 bridgehead atoms. The summed E-state index contributed by atoms with van der Waals surface area (Å²) >= 11 is 0. The quantitative estimate of drug-likeness (QED) is 0.838. The highest BCUT2D eigenvalue weighted by molar-refractivity contribution is 5.29. The molecule has 1 aromatic rings. The van der Waals surface area contributed by atoms with E-state index in [4.69, 9.17) is 10.5 Å². The molecule has 0 aliphatic heterocycles. The highest BCUT2D eigenvalue weighted by atomic mass is 16.5. The van der Waals surface area contributed by atoms with Gasteiger partial charge in [-0.05, 0) is 51.5 Å². The van der Waals surface area contributed by atoms with Gasteiger partial charge < -0.3 is 10.5 Å². The van der Waals surface area contributed by atoms with Crippen molar-refractivity contribution in [1.82, 2.24) is 0 Å². The van der Waals surface area contributed by atoms with E-state index in [1.165, 1.54) is 29.5 Å². The third-order valence-corrected chi connectivity index (χ3v) is 3.62. The Bertz CT molecular complexity index is 378. The summed E-state index contributed by atoms with van der Waals surface area (Å²) in [6, 6.07) is 6.81. The Kier molecular flexibility index (Phi) is 4.41. The minimum Gasteiger partial charge on any atom is -0.377 e. The Labute approximate surface area is 111 Å². The van der Waals surface area contributed by atoms with Crippen LogP contribution in [0.2, 0.25) is 0 Å². The maximum atomic E-state index is 6.35. The number of hydrogen-bond acceptors (Lipinski definition) is 2. The number of aryl methyl sites for hydroxylation is 2. The molecular weight excluding hydrogens is 222 g/mol. The second-order valence-corrected chi connectivity index (χ2v) is 5.62. The van der Waals surface area contributed by atoms with E-state index < -0.39 is 0 Å². The SMILES string of the molecule is CCOC(C(N)Cc1cc(C)cc(C)c1)C1CC1. The summed E-state index contributed by atoms with van der Waals surface area (Å²) in [6.45, 7) is 7.10. The van der Waals surface area contributed by atoms with Crippen molar-refractivity contribution < 1.29 is 4.74 Å². The first-order valence-corrected chi connectivity index (χ1v) is 7.04. The first kappa shape index (κ1) is 13.6. The average molecular weight is 247 g/mol. The molecule has 2 atom stereocenters. The van der Waals surface area contributed by atoms with Crippen LogP contribution in [0.1, 0.15) is 36.5 Å². The van der Waals surface area contributed by atoms with E-state index in [0.717, 1.165) is 13.0 Å². The van der Waals surface area contributed by atoms with Gasteiger partial charge in [0.1, 0.15) is 0 Å². The Morgan fingerprint density at radius 3 is 2.33 bits per heavy atom. The molecule has 1 fully saturated rings. The molecule has 1 aliphatic carbocycles. The van der Waals surface area contributed by atoms with E-state index in [1.807, 2.05) is 0 Å². The number of rotatable bonds is 6. The van der Waals surface area contributed by atoms with Crippen LogP contribution in [0.5, 0.6) is 0 Å². The van der Waals surface area contributed by atoms with E-state index >= 15 is 0 Å². The summed E-state index contributed by atoms with van der Waals surface area (Å²) in [5, 5.41) is 0. The van der Waals surface area contributed by atoms with Gasteiger partial charge in [0.05, 0.1) is 6.10 Å². The van der Waals surface area contributed by atoms with E-state index in [0.29, 0.717) is 5.92 Å². The van der Waals surface area contributed by atoms with Crippen LogP contribution in [-0.4, -0.2) is 18.8 Å². The summed E-state index contributed by atoms with van der Waals surface area (Å²) < 4.78 is 5.84. The fourth-order valence-electron chi connectivity index (χ4n) is 2.80. The second kappa shape index (κ2) is 5.85. The standard InChI is InChI=1S/C16H25NO/c1-4-18-16(14-5-6-14)15(17)10-13-8-11(2)7-12(3)9-13/h7-9,14-16H,4-6,10,17H2,1-3H3. The largest absolute Gasteiger partial charge is 0.377 e. The van der Waals surface area contributed by atoms with E-state index in [-0.39, 0.29) is 12.1 Å². The highest BCUT2D eigenvalue weighted by Crippen LogP contribution is 2.36. The molecular formula is C16H25NO. The Morgan fingerprint density at radius 2 is 1.83 bits per heavy atom. The van der Waals surface area contributed by atoms with Gasteiger partial charge in [-0.3, -0.25) is 0 Å².